The maximum absolute atomic E-state index is 11.1. The van der Waals surface area contributed by atoms with Crippen LogP contribution in [-0.2, 0) is 18.6 Å². The molecular formula is C9H13O9P. The van der Waals surface area contributed by atoms with E-state index in [1.165, 1.54) is 13.8 Å². The molecule has 0 unspecified atom stereocenters. The molecule has 19 heavy (non-hydrogen) atoms. The summed E-state index contributed by atoms with van der Waals surface area (Å²) in [5.41, 5.74) is 0.283. The number of carbonyl (C=O) groups excluding carboxylic acids is 1. The minimum atomic E-state index is -5.07. The quantitative estimate of drug-likeness (QED) is 0.274. The Morgan fingerprint density at radius 2 is 1.95 bits per heavy atom. The largest absolute Gasteiger partial charge is 0.524 e. The highest BCUT2D eigenvalue weighted by atomic mass is 31.2. The molecule has 0 bridgehead atoms. The lowest BCUT2D eigenvalue weighted by molar-refractivity contribution is -0.146. The predicted octanol–water partition coefficient (Wildman–Crippen LogP) is 0.00350. The number of esters is 1. The Morgan fingerprint density at radius 3 is 2.37 bits per heavy atom. The van der Waals surface area contributed by atoms with Gasteiger partial charge in [0.1, 0.15) is 5.76 Å². The third-order valence-electron chi connectivity index (χ3n) is 2.22. The average Bonchev–Trinajstić information content (AvgIpc) is 2.53. The third kappa shape index (κ3) is 3.48. The van der Waals surface area contributed by atoms with Crippen LogP contribution in [0.2, 0.25) is 0 Å². The van der Waals surface area contributed by atoms with Crippen LogP contribution in [-0.4, -0.2) is 43.3 Å². The number of carbonyl (C=O) groups is 1. The number of aliphatic hydroxyl groups is 3. The standard InChI is InChI=1S/C9H13O9P/c1-3(2)4(10)5(11)7-8(18-19(14,15)16)6(12)9(13)17-7/h5,7,10-12H,1-2H3,(H2,14,15,16)/t5-,7+/m0/s1. The molecule has 9 nitrogen and oxygen atoms in total. The van der Waals surface area contributed by atoms with E-state index in [9.17, 15) is 24.7 Å². The third-order valence-corrected chi connectivity index (χ3v) is 2.65. The molecule has 1 heterocycles. The Balaban J connectivity index is 3.12. The lowest BCUT2D eigenvalue weighted by Gasteiger charge is -2.20. The zero-order chi connectivity index (χ0) is 15.0. The second-order valence-corrected chi connectivity index (χ2v) is 5.11. The average molecular weight is 296 g/mol. The first kappa shape index (κ1) is 15.5. The summed E-state index contributed by atoms with van der Waals surface area (Å²) in [6.45, 7) is 2.89. The Kier molecular flexibility index (Phi) is 4.26. The van der Waals surface area contributed by atoms with Gasteiger partial charge in [0.2, 0.25) is 11.5 Å². The first-order chi connectivity index (χ1) is 8.54. The summed E-state index contributed by atoms with van der Waals surface area (Å²) in [5.74, 6) is -4.00. The molecule has 0 saturated carbocycles. The van der Waals surface area contributed by atoms with Crippen molar-refractivity contribution in [3.05, 3.63) is 22.9 Å². The van der Waals surface area contributed by atoms with Crippen LogP contribution in [0.25, 0.3) is 0 Å². The Bertz CT molecular complexity index is 496. The van der Waals surface area contributed by atoms with Gasteiger partial charge >= 0.3 is 13.8 Å². The summed E-state index contributed by atoms with van der Waals surface area (Å²) in [7, 11) is -5.07. The van der Waals surface area contributed by atoms with Crippen LogP contribution in [0.5, 0.6) is 0 Å². The highest BCUT2D eigenvalue weighted by Crippen LogP contribution is 2.43. The number of allylic oxidation sites excluding steroid dienone is 1. The monoisotopic (exact) mass is 296 g/mol. The SMILES string of the molecule is CC(C)=C(O)[C@H](O)[C@H]1OC(=O)C(O)=C1OP(=O)(O)O. The molecule has 0 aromatic carbocycles. The topological polar surface area (TPSA) is 154 Å². The molecule has 1 aliphatic rings. The Hall–Kier alpha value is -1.54. The van der Waals surface area contributed by atoms with E-state index in [2.05, 4.69) is 9.26 Å². The summed E-state index contributed by atoms with van der Waals surface area (Å²) in [6.07, 6.45) is -3.56. The van der Waals surface area contributed by atoms with Crippen LogP contribution < -0.4 is 0 Å². The molecule has 2 atom stereocenters. The smallest absolute Gasteiger partial charge is 0.509 e. The van der Waals surface area contributed by atoms with Crippen LogP contribution >= 0.6 is 7.82 Å². The molecule has 0 spiro atoms. The van der Waals surface area contributed by atoms with Gasteiger partial charge in [0.15, 0.2) is 12.2 Å². The van der Waals surface area contributed by atoms with Crippen molar-refractivity contribution in [2.24, 2.45) is 0 Å². The fourth-order valence-corrected chi connectivity index (χ4v) is 1.78. The molecule has 0 aliphatic carbocycles. The fraction of sp³-hybridized carbons (Fsp3) is 0.444. The molecule has 0 saturated heterocycles. The molecule has 1 rings (SSSR count). The van der Waals surface area contributed by atoms with Crippen LogP contribution in [0.1, 0.15) is 13.8 Å². The first-order valence-corrected chi connectivity index (χ1v) is 6.51. The summed E-state index contributed by atoms with van der Waals surface area (Å²) >= 11 is 0. The van der Waals surface area contributed by atoms with Crippen molar-refractivity contribution in [1.29, 1.82) is 0 Å². The second kappa shape index (κ2) is 5.22. The molecule has 1 aliphatic heterocycles. The van der Waals surface area contributed by atoms with Crippen molar-refractivity contribution < 1.29 is 43.7 Å². The first-order valence-electron chi connectivity index (χ1n) is 4.98. The van der Waals surface area contributed by atoms with E-state index in [4.69, 9.17) is 9.79 Å². The highest BCUT2D eigenvalue weighted by Gasteiger charge is 2.45. The van der Waals surface area contributed by atoms with Crippen molar-refractivity contribution >= 4 is 13.8 Å². The zero-order valence-electron chi connectivity index (χ0n) is 9.97. The predicted molar refractivity (Wildman–Crippen MR) is 59.7 cm³/mol. The number of phosphoric acid groups is 1. The lowest BCUT2D eigenvalue weighted by Crippen LogP contribution is -2.31. The van der Waals surface area contributed by atoms with E-state index < -0.39 is 43.3 Å². The van der Waals surface area contributed by atoms with Gasteiger partial charge in [0, 0.05) is 0 Å². The number of ether oxygens (including phenoxy) is 1. The van der Waals surface area contributed by atoms with Gasteiger partial charge in [-0.2, -0.15) is 0 Å². The van der Waals surface area contributed by atoms with Crippen molar-refractivity contribution in [3.63, 3.8) is 0 Å². The summed E-state index contributed by atoms with van der Waals surface area (Å²) in [5, 5.41) is 28.5. The van der Waals surface area contributed by atoms with E-state index in [0.717, 1.165) is 0 Å². The number of hydrogen-bond acceptors (Lipinski definition) is 7. The van der Waals surface area contributed by atoms with Gasteiger partial charge in [-0.05, 0) is 19.4 Å². The van der Waals surface area contributed by atoms with Gasteiger partial charge in [-0.1, -0.05) is 0 Å². The Morgan fingerprint density at radius 1 is 1.42 bits per heavy atom. The van der Waals surface area contributed by atoms with Gasteiger partial charge in [0.05, 0.1) is 0 Å². The minimum absolute atomic E-state index is 0.283. The van der Waals surface area contributed by atoms with Gasteiger partial charge in [-0.15, -0.1) is 0 Å². The molecule has 0 aromatic rings. The van der Waals surface area contributed by atoms with Crippen molar-refractivity contribution in [2.75, 3.05) is 0 Å². The number of aliphatic hydroxyl groups excluding tert-OH is 3. The molecular weight excluding hydrogens is 283 g/mol. The van der Waals surface area contributed by atoms with Crippen LogP contribution in [0.4, 0.5) is 0 Å². The minimum Gasteiger partial charge on any atom is -0.509 e. The van der Waals surface area contributed by atoms with Gasteiger partial charge < -0.3 is 24.6 Å². The summed E-state index contributed by atoms with van der Waals surface area (Å²) in [4.78, 5) is 28.4. The highest BCUT2D eigenvalue weighted by molar-refractivity contribution is 7.46. The molecule has 5 N–H and O–H groups in total. The molecule has 0 amide bonds. The second-order valence-electron chi connectivity index (χ2n) is 3.95. The van der Waals surface area contributed by atoms with Gasteiger partial charge in [-0.3, -0.25) is 9.79 Å². The normalized spacial score (nSPS) is 21.1. The molecule has 0 aromatic heterocycles. The number of hydrogen-bond donors (Lipinski definition) is 5. The summed E-state index contributed by atoms with van der Waals surface area (Å²) in [6, 6.07) is 0. The maximum Gasteiger partial charge on any atom is 0.524 e. The molecule has 108 valence electrons. The van der Waals surface area contributed by atoms with Crippen LogP contribution in [0.15, 0.2) is 22.9 Å². The van der Waals surface area contributed by atoms with Crippen molar-refractivity contribution in [1.82, 2.24) is 0 Å². The summed E-state index contributed by atoms with van der Waals surface area (Å²) < 4.78 is 19.3. The maximum atomic E-state index is 11.1. The number of phosphoric ester groups is 1. The Labute approximate surface area is 107 Å². The van der Waals surface area contributed by atoms with Crippen LogP contribution in [0, 0.1) is 0 Å². The number of rotatable bonds is 4. The number of cyclic esters (lactones) is 1. The van der Waals surface area contributed by atoms with Crippen LogP contribution in [0.3, 0.4) is 0 Å². The fourth-order valence-electron chi connectivity index (χ4n) is 1.33. The van der Waals surface area contributed by atoms with E-state index >= 15 is 0 Å². The van der Waals surface area contributed by atoms with Crippen molar-refractivity contribution in [3.8, 4) is 0 Å². The van der Waals surface area contributed by atoms with E-state index in [-0.39, 0.29) is 5.57 Å². The lowest BCUT2D eigenvalue weighted by atomic mass is 10.1. The molecule has 0 fully saturated rings. The van der Waals surface area contributed by atoms with E-state index in [1.807, 2.05) is 0 Å². The van der Waals surface area contributed by atoms with Crippen molar-refractivity contribution in [2.45, 2.75) is 26.1 Å². The molecule has 10 heteroatoms. The van der Waals surface area contributed by atoms with Gasteiger partial charge in [0.25, 0.3) is 0 Å². The van der Waals surface area contributed by atoms with E-state index in [1.54, 1.807) is 0 Å². The van der Waals surface area contributed by atoms with E-state index in [0.29, 0.717) is 0 Å². The zero-order valence-corrected chi connectivity index (χ0v) is 10.9. The molecule has 0 radical (unpaired) electrons. The van der Waals surface area contributed by atoms with Gasteiger partial charge in [-0.25, -0.2) is 9.36 Å².